The summed E-state index contributed by atoms with van der Waals surface area (Å²) in [4.78, 5) is 11.7. The molecule has 1 aromatic carbocycles. The lowest BCUT2D eigenvalue weighted by Gasteiger charge is -2.20. The molecule has 112 valence electrons. The number of carbonyl (C=O) groups is 1. The topological polar surface area (TPSA) is 87.3 Å². The molecule has 1 rings (SSSR count). The summed E-state index contributed by atoms with van der Waals surface area (Å²) in [7, 11) is -3.29. The highest BCUT2D eigenvalue weighted by Crippen LogP contribution is 2.14. The molecule has 0 aliphatic heterocycles. The Labute approximate surface area is 120 Å². The van der Waals surface area contributed by atoms with E-state index in [-0.39, 0.29) is 18.0 Å². The van der Waals surface area contributed by atoms with Crippen LogP contribution in [0.2, 0.25) is 0 Å². The third-order valence-electron chi connectivity index (χ3n) is 2.25. The van der Waals surface area contributed by atoms with Crippen molar-refractivity contribution < 1.29 is 13.2 Å². The summed E-state index contributed by atoms with van der Waals surface area (Å²) in [6.45, 7) is 6.15. The largest absolute Gasteiger partial charge is 0.325 e. The van der Waals surface area contributed by atoms with Crippen LogP contribution in [0.5, 0.6) is 0 Å². The smallest absolute Gasteiger partial charge is 0.238 e. The standard InChI is InChI=1S/C13H21N3O3S/c1-13(2,3)14-9-12(17)15-10-5-7-11(8-6-10)16-20(4,18)19/h5-8,14,16H,9H2,1-4H3,(H,15,17). The van der Waals surface area contributed by atoms with Gasteiger partial charge in [0.15, 0.2) is 0 Å². The lowest BCUT2D eigenvalue weighted by molar-refractivity contribution is -0.115. The van der Waals surface area contributed by atoms with Crippen molar-refractivity contribution in [2.24, 2.45) is 0 Å². The van der Waals surface area contributed by atoms with E-state index in [1.165, 1.54) is 0 Å². The highest BCUT2D eigenvalue weighted by Gasteiger charge is 2.11. The van der Waals surface area contributed by atoms with Crippen molar-refractivity contribution in [3.8, 4) is 0 Å². The second-order valence-corrected chi connectivity index (χ2v) is 7.35. The molecule has 6 nitrogen and oxygen atoms in total. The van der Waals surface area contributed by atoms with Gasteiger partial charge in [0.05, 0.1) is 12.8 Å². The Kier molecular flexibility index (Phi) is 5.13. The lowest BCUT2D eigenvalue weighted by Crippen LogP contribution is -2.41. The van der Waals surface area contributed by atoms with Crippen molar-refractivity contribution >= 4 is 27.3 Å². The molecule has 0 heterocycles. The third kappa shape index (κ3) is 7.10. The van der Waals surface area contributed by atoms with Gasteiger partial charge in [-0.05, 0) is 45.0 Å². The number of hydrogen-bond donors (Lipinski definition) is 3. The second-order valence-electron chi connectivity index (χ2n) is 5.60. The number of anilines is 2. The molecule has 0 aliphatic carbocycles. The molecule has 0 unspecified atom stereocenters. The maximum atomic E-state index is 11.7. The molecule has 0 saturated carbocycles. The van der Waals surface area contributed by atoms with Crippen molar-refractivity contribution in [1.82, 2.24) is 5.32 Å². The van der Waals surface area contributed by atoms with Crippen LogP contribution in [-0.2, 0) is 14.8 Å². The number of sulfonamides is 1. The zero-order valence-corrected chi connectivity index (χ0v) is 13.0. The Morgan fingerprint density at radius 1 is 1.10 bits per heavy atom. The summed E-state index contributed by atoms with van der Waals surface area (Å²) in [5.41, 5.74) is 0.948. The first-order valence-electron chi connectivity index (χ1n) is 6.18. The Hall–Kier alpha value is -1.60. The number of carbonyl (C=O) groups excluding carboxylic acids is 1. The first-order chi connectivity index (χ1) is 9.05. The van der Waals surface area contributed by atoms with Crippen molar-refractivity contribution in [3.63, 3.8) is 0 Å². The predicted octanol–water partition coefficient (Wildman–Crippen LogP) is 1.38. The second kappa shape index (κ2) is 6.23. The van der Waals surface area contributed by atoms with Crippen LogP contribution >= 0.6 is 0 Å². The van der Waals surface area contributed by atoms with Gasteiger partial charge in [0.25, 0.3) is 0 Å². The maximum absolute atomic E-state index is 11.7. The van der Waals surface area contributed by atoms with E-state index in [0.29, 0.717) is 11.4 Å². The number of amides is 1. The molecule has 0 spiro atoms. The molecule has 1 amide bonds. The monoisotopic (exact) mass is 299 g/mol. The summed E-state index contributed by atoms with van der Waals surface area (Å²) >= 11 is 0. The molecule has 0 saturated heterocycles. The fraction of sp³-hybridized carbons (Fsp3) is 0.462. The van der Waals surface area contributed by atoms with Gasteiger partial charge in [-0.3, -0.25) is 9.52 Å². The van der Waals surface area contributed by atoms with Crippen LogP contribution in [0.3, 0.4) is 0 Å². The highest BCUT2D eigenvalue weighted by molar-refractivity contribution is 7.92. The first kappa shape index (κ1) is 16.5. The lowest BCUT2D eigenvalue weighted by atomic mass is 10.1. The number of hydrogen-bond acceptors (Lipinski definition) is 4. The minimum atomic E-state index is -3.29. The van der Waals surface area contributed by atoms with Gasteiger partial charge in [0.2, 0.25) is 15.9 Å². The summed E-state index contributed by atoms with van der Waals surface area (Å²) in [6, 6.07) is 6.46. The normalized spacial score (nSPS) is 12.0. The highest BCUT2D eigenvalue weighted by atomic mass is 32.2. The Morgan fingerprint density at radius 3 is 2.05 bits per heavy atom. The van der Waals surface area contributed by atoms with Gasteiger partial charge in [-0.15, -0.1) is 0 Å². The van der Waals surface area contributed by atoms with E-state index in [2.05, 4.69) is 15.4 Å². The van der Waals surface area contributed by atoms with Gasteiger partial charge in [0, 0.05) is 16.9 Å². The molecule has 0 atom stereocenters. The van der Waals surface area contributed by atoms with Gasteiger partial charge < -0.3 is 10.6 Å². The van der Waals surface area contributed by atoms with E-state index >= 15 is 0 Å². The van der Waals surface area contributed by atoms with Crippen LogP contribution in [0, 0.1) is 0 Å². The van der Waals surface area contributed by atoms with Crippen molar-refractivity contribution in [1.29, 1.82) is 0 Å². The van der Waals surface area contributed by atoms with Crippen LogP contribution in [-0.4, -0.2) is 32.7 Å². The third-order valence-corrected chi connectivity index (χ3v) is 2.86. The fourth-order valence-corrected chi connectivity index (χ4v) is 1.95. The van der Waals surface area contributed by atoms with E-state index in [1.807, 2.05) is 20.8 Å². The van der Waals surface area contributed by atoms with E-state index in [4.69, 9.17) is 0 Å². The summed E-state index contributed by atoms with van der Waals surface area (Å²) in [6.07, 6.45) is 1.08. The van der Waals surface area contributed by atoms with E-state index in [0.717, 1.165) is 6.26 Å². The average Bonchev–Trinajstić information content (AvgIpc) is 2.26. The van der Waals surface area contributed by atoms with Gasteiger partial charge in [-0.25, -0.2) is 8.42 Å². The zero-order chi connectivity index (χ0) is 15.4. The Balaban J connectivity index is 2.55. The van der Waals surface area contributed by atoms with Gasteiger partial charge >= 0.3 is 0 Å². The number of nitrogens with one attached hydrogen (secondary N) is 3. The maximum Gasteiger partial charge on any atom is 0.238 e. The van der Waals surface area contributed by atoms with Gasteiger partial charge in [0.1, 0.15) is 0 Å². The van der Waals surface area contributed by atoms with Crippen LogP contribution in [0.25, 0.3) is 0 Å². The van der Waals surface area contributed by atoms with E-state index < -0.39 is 10.0 Å². The van der Waals surface area contributed by atoms with E-state index in [1.54, 1.807) is 24.3 Å². The van der Waals surface area contributed by atoms with Gasteiger partial charge in [-0.1, -0.05) is 0 Å². The first-order valence-corrected chi connectivity index (χ1v) is 8.07. The van der Waals surface area contributed by atoms with Crippen molar-refractivity contribution in [2.75, 3.05) is 22.8 Å². The van der Waals surface area contributed by atoms with Crippen molar-refractivity contribution in [2.45, 2.75) is 26.3 Å². The summed E-state index contributed by atoms with van der Waals surface area (Å²) in [5, 5.41) is 5.81. The fourth-order valence-electron chi connectivity index (χ4n) is 1.39. The Morgan fingerprint density at radius 2 is 1.60 bits per heavy atom. The Bertz CT molecular complexity index is 560. The molecule has 0 aromatic heterocycles. The SMILES string of the molecule is CC(C)(C)NCC(=O)Nc1ccc(NS(C)(=O)=O)cc1. The van der Waals surface area contributed by atoms with Crippen molar-refractivity contribution in [3.05, 3.63) is 24.3 Å². The van der Waals surface area contributed by atoms with Crippen LogP contribution < -0.4 is 15.4 Å². The summed E-state index contributed by atoms with van der Waals surface area (Å²) in [5.74, 6) is -0.149. The molecule has 0 bridgehead atoms. The molecular formula is C13H21N3O3S. The van der Waals surface area contributed by atoms with Crippen LogP contribution in [0.4, 0.5) is 11.4 Å². The van der Waals surface area contributed by atoms with Gasteiger partial charge in [-0.2, -0.15) is 0 Å². The zero-order valence-electron chi connectivity index (χ0n) is 12.1. The molecule has 1 aromatic rings. The quantitative estimate of drug-likeness (QED) is 0.766. The van der Waals surface area contributed by atoms with Crippen LogP contribution in [0.1, 0.15) is 20.8 Å². The summed E-state index contributed by atoms with van der Waals surface area (Å²) < 4.78 is 24.5. The molecule has 0 fully saturated rings. The molecule has 0 radical (unpaired) electrons. The number of benzene rings is 1. The molecule has 3 N–H and O–H groups in total. The average molecular weight is 299 g/mol. The molecule has 7 heteroatoms. The van der Waals surface area contributed by atoms with E-state index in [9.17, 15) is 13.2 Å². The molecule has 0 aliphatic rings. The van der Waals surface area contributed by atoms with Crippen LogP contribution in [0.15, 0.2) is 24.3 Å². The minimum absolute atomic E-state index is 0.124. The number of rotatable bonds is 5. The predicted molar refractivity (Wildman–Crippen MR) is 81.3 cm³/mol. The minimum Gasteiger partial charge on any atom is -0.325 e. The molecular weight excluding hydrogens is 278 g/mol. The molecule has 20 heavy (non-hydrogen) atoms.